The third-order valence-electron chi connectivity index (χ3n) is 1.97. The summed E-state index contributed by atoms with van der Waals surface area (Å²) < 4.78 is 10.1. The smallest absolute Gasteiger partial charge is 0.251 e. The van der Waals surface area contributed by atoms with Crippen LogP contribution in [0.5, 0.6) is 0 Å². The fourth-order valence-electron chi connectivity index (χ4n) is 1.23. The van der Waals surface area contributed by atoms with Crippen molar-refractivity contribution in [2.24, 2.45) is 0 Å². The summed E-state index contributed by atoms with van der Waals surface area (Å²) in [5.41, 5.74) is 0. The van der Waals surface area contributed by atoms with Gasteiger partial charge >= 0.3 is 0 Å². The van der Waals surface area contributed by atoms with Gasteiger partial charge in [0.15, 0.2) is 6.29 Å². The minimum atomic E-state index is -0.949. The molecule has 2 unspecified atom stereocenters. The first kappa shape index (κ1) is 10.4. The lowest BCUT2D eigenvalue weighted by atomic mass is 10.3. The van der Waals surface area contributed by atoms with Crippen molar-refractivity contribution in [3.05, 3.63) is 0 Å². The highest BCUT2D eigenvalue weighted by atomic mass is 16.7. The zero-order chi connectivity index (χ0) is 9.84. The minimum Gasteiger partial charge on any atom is -0.384 e. The van der Waals surface area contributed by atoms with E-state index in [4.69, 9.17) is 14.6 Å². The van der Waals surface area contributed by atoms with Crippen molar-refractivity contribution >= 4 is 5.91 Å². The second-order valence-electron chi connectivity index (χ2n) is 3.00. The van der Waals surface area contributed by atoms with E-state index in [1.54, 1.807) is 4.90 Å². The number of amides is 1. The molecular formula is C8H15NO4. The van der Waals surface area contributed by atoms with Crippen molar-refractivity contribution in [2.75, 3.05) is 26.8 Å². The van der Waals surface area contributed by atoms with E-state index in [-0.39, 0.29) is 12.2 Å². The first-order valence-corrected chi connectivity index (χ1v) is 4.26. The Morgan fingerprint density at radius 1 is 1.77 bits per heavy atom. The molecule has 0 bridgehead atoms. The number of ether oxygens (including phenoxy) is 2. The highest BCUT2D eigenvalue weighted by Crippen LogP contribution is 2.06. The van der Waals surface area contributed by atoms with Crippen LogP contribution >= 0.6 is 0 Å². The first-order valence-electron chi connectivity index (χ1n) is 4.26. The van der Waals surface area contributed by atoms with Crippen LogP contribution in [0.2, 0.25) is 0 Å². The zero-order valence-corrected chi connectivity index (χ0v) is 7.90. The summed E-state index contributed by atoms with van der Waals surface area (Å²) in [7, 11) is 1.53. The fraction of sp³-hybridized carbons (Fsp3) is 0.875. The van der Waals surface area contributed by atoms with Crippen LogP contribution in [0.1, 0.15) is 6.92 Å². The van der Waals surface area contributed by atoms with Crippen molar-refractivity contribution in [2.45, 2.75) is 19.3 Å². The Morgan fingerprint density at radius 3 is 3.00 bits per heavy atom. The van der Waals surface area contributed by atoms with Gasteiger partial charge in [0.05, 0.1) is 13.2 Å². The van der Waals surface area contributed by atoms with Crippen LogP contribution in [0, 0.1) is 0 Å². The summed E-state index contributed by atoms with van der Waals surface area (Å²) >= 11 is 0. The van der Waals surface area contributed by atoms with Gasteiger partial charge in [0.25, 0.3) is 5.91 Å². The minimum absolute atomic E-state index is 0.273. The highest BCUT2D eigenvalue weighted by molar-refractivity contribution is 5.80. The molecule has 1 fully saturated rings. The zero-order valence-electron chi connectivity index (χ0n) is 7.90. The van der Waals surface area contributed by atoms with Crippen LogP contribution in [0.4, 0.5) is 0 Å². The van der Waals surface area contributed by atoms with E-state index < -0.39 is 6.10 Å². The SMILES string of the molecule is COC1CN(C(=O)C(C)O)CCO1. The Labute approximate surface area is 77.2 Å². The van der Waals surface area contributed by atoms with Crippen molar-refractivity contribution in [1.29, 1.82) is 0 Å². The second-order valence-corrected chi connectivity index (χ2v) is 3.00. The van der Waals surface area contributed by atoms with Crippen molar-refractivity contribution in [3.8, 4) is 0 Å². The number of carbonyl (C=O) groups excluding carboxylic acids is 1. The first-order chi connectivity index (χ1) is 6.15. The molecule has 0 aliphatic carbocycles. The van der Waals surface area contributed by atoms with Crippen LogP contribution in [0.15, 0.2) is 0 Å². The molecule has 5 nitrogen and oxygen atoms in total. The lowest BCUT2D eigenvalue weighted by molar-refractivity contribution is -0.178. The van der Waals surface area contributed by atoms with Gasteiger partial charge in [0, 0.05) is 13.7 Å². The average molecular weight is 189 g/mol. The predicted molar refractivity (Wildman–Crippen MR) is 45.0 cm³/mol. The Morgan fingerprint density at radius 2 is 2.46 bits per heavy atom. The number of aliphatic hydroxyl groups excluding tert-OH is 1. The Balaban J connectivity index is 2.46. The van der Waals surface area contributed by atoms with Gasteiger partial charge in [-0.25, -0.2) is 0 Å². The summed E-state index contributed by atoms with van der Waals surface area (Å²) in [5, 5.41) is 9.06. The Kier molecular flexibility index (Phi) is 3.65. The molecule has 76 valence electrons. The van der Waals surface area contributed by atoms with Crippen molar-refractivity contribution in [3.63, 3.8) is 0 Å². The summed E-state index contributed by atoms with van der Waals surface area (Å²) in [6, 6.07) is 0. The molecule has 5 heteroatoms. The van der Waals surface area contributed by atoms with Gasteiger partial charge in [0.1, 0.15) is 6.10 Å². The number of hydrogen-bond donors (Lipinski definition) is 1. The van der Waals surface area contributed by atoms with Gasteiger partial charge in [-0.3, -0.25) is 4.79 Å². The standard InChI is InChI=1S/C8H15NO4/c1-6(10)8(11)9-3-4-13-7(5-9)12-2/h6-7,10H,3-5H2,1-2H3. The van der Waals surface area contributed by atoms with Gasteiger partial charge in [-0.1, -0.05) is 0 Å². The van der Waals surface area contributed by atoms with E-state index in [9.17, 15) is 4.79 Å². The van der Waals surface area contributed by atoms with Gasteiger partial charge in [-0.2, -0.15) is 0 Å². The lowest BCUT2D eigenvalue weighted by Crippen LogP contribution is -2.49. The molecule has 1 rings (SSSR count). The molecule has 0 aromatic heterocycles. The molecule has 2 atom stereocenters. The monoisotopic (exact) mass is 189 g/mol. The maximum Gasteiger partial charge on any atom is 0.251 e. The predicted octanol–water partition coefficient (Wildman–Crippen LogP) is -0.801. The van der Waals surface area contributed by atoms with Gasteiger partial charge in [-0.05, 0) is 6.92 Å². The van der Waals surface area contributed by atoms with Crippen LogP contribution in [-0.2, 0) is 14.3 Å². The van der Waals surface area contributed by atoms with Gasteiger partial charge < -0.3 is 19.5 Å². The maximum absolute atomic E-state index is 11.3. The quantitative estimate of drug-likeness (QED) is 0.617. The molecule has 1 saturated heterocycles. The molecule has 0 radical (unpaired) electrons. The van der Waals surface area contributed by atoms with Gasteiger partial charge in [0.2, 0.25) is 0 Å². The van der Waals surface area contributed by atoms with Crippen LogP contribution in [-0.4, -0.2) is 55.1 Å². The van der Waals surface area contributed by atoms with E-state index in [0.717, 1.165) is 0 Å². The average Bonchev–Trinajstić information content (AvgIpc) is 2.16. The summed E-state index contributed by atoms with van der Waals surface area (Å²) in [6.07, 6.45) is -1.31. The van der Waals surface area contributed by atoms with E-state index in [1.165, 1.54) is 14.0 Å². The molecule has 1 N–H and O–H groups in total. The van der Waals surface area contributed by atoms with Crippen LogP contribution in [0.3, 0.4) is 0 Å². The molecule has 1 aliphatic heterocycles. The number of morpholine rings is 1. The second kappa shape index (κ2) is 4.55. The number of aliphatic hydroxyl groups is 1. The summed E-state index contributed by atoms with van der Waals surface area (Å²) in [4.78, 5) is 12.9. The molecule has 13 heavy (non-hydrogen) atoms. The van der Waals surface area contributed by atoms with E-state index in [1.807, 2.05) is 0 Å². The highest BCUT2D eigenvalue weighted by Gasteiger charge is 2.25. The molecule has 1 heterocycles. The Bertz CT molecular complexity index is 183. The topological polar surface area (TPSA) is 59.0 Å². The van der Waals surface area contributed by atoms with Gasteiger partial charge in [-0.15, -0.1) is 0 Å². The number of methoxy groups -OCH3 is 1. The molecular weight excluding hydrogens is 174 g/mol. The molecule has 0 spiro atoms. The molecule has 1 aliphatic rings. The Hall–Kier alpha value is -0.650. The van der Waals surface area contributed by atoms with Crippen molar-refractivity contribution in [1.82, 2.24) is 4.90 Å². The largest absolute Gasteiger partial charge is 0.384 e. The molecule has 0 aromatic carbocycles. The number of hydrogen-bond acceptors (Lipinski definition) is 4. The molecule has 1 amide bonds. The number of rotatable bonds is 2. The third-order valence-corrected chi connectivity index (χ3v) is 1.97. The molecule has 0 saturated carbocycles. The number of nitrogens with zero attached hydrogens (tertiary/aromatic N) is 1. The maximum atomic E-state index is 11.3. The van der Waals surface area contributed by atoms with Crippen LogP contribution in [0.25, 0.3) is 0 Å². The van der Waals surface area contributed by atoms with E-state index in [2.05, 4.69) is 0 Å². The van der Waals surface area contributed by atoms with Crippen LogP contribution < -0.4 is 0 Å². The van der Waals surface area contributed by atoms with Crippen molar-refractivity contribution < 1.29 is 19.4 Å². The van der Waals surface area contributed by atoms with E-state index in [0.29, 0.717) is 19.7 Å². The summed E-state index contributed by atoms with van der Waals surface area (Å²) in [6.45, 7) is 2.82. The normalized spacial score (nSPS) is 25.8. The lowest BCUT2D eigenvalue weighted by Gasteiger charge is -2.32. The number of carbonyl (C=O) groups is 1. The summed E-state index contributed by atoms with van der Waals surface area (Å²) in [5.74, 6) is -0.273. The van der Waals surface area contributed by atoms with E-state index >= 15 is 0 Å². The molecule has 0 aromatic rings. The fourth-order valence-corrected chi connectivity index (χ4v) is 1.23. The third kappa shape index (κ3) is 2.65.